The summed E-state index contributed by atoms with van der Waals surface area (Å²) in [7, 11) is -1.02. The molecule has 0 aliphatic heterocycles. The molecule has 0 unspecified atom stereocenters. The van der Waals surface area contributed by atoms with Crippen molar-refractivity contribution in [1.82, 2.24) is 9.55 Å². The zero-order chi connectivity index (χ0) is 16.1. The van der Waals surface area contributed by atoms with Crippen molar-refractivity contribution in [2.24, 2.45) is 7.05 Å². The van der Waals surface area contributed by atoms with E-state index < -0.39 is 16.9 Å². The maximum absolute atomic E-state index is 11.3. The SMILES string of the molecule is Cn1cnc(N(CCNc2ccc(C(=O)O)cc2)[SH](=O)=O)c1. The molecular weight excluding hydrogens is 308 g/mol. The number of anilines is 2. The molecule has 0 atom stereocenters. The third-order valence-electron chi connectivity index (χ3n) is 2.94. The van der Waals surface area contributed by atoms with Crippen LogP contribution in [0.25, 0.3) is 0 Å². The summed E-state index contributed by atoms with van der Waals surface area (Å²) in [6.45, 7) is 0.586. The number of aromatic nitrogens is 2. The van der Waals surface area contributed by atoms with Crippen LogP contribution in [0.1, 0.15) is 10.4 Å². The molecule has 0 spiro atoms. The second-order valence-corrected chi connectivity index (χ2v) is 5.53. The van der Waals surface area contributed by atoms with E-state index in [0.717, 1.165) is 0 Å². The Hall–Kier alpha value is -2.55. The van der Waals surface area contributed by atoms with Gasteiger partial charge in [-0.05, 0) is 24.3 Å². The molecule has 0 saturated carbocycles. The number of rotatable bonds is 7. The molecular formula is C13H16N4O4S. The third-order valence-corrected chi connectivity index (χ3v) is 3.74. The van der Waals surface area contributed by atoms with Gasteiger partial charge in [0.05, 0.1) is 18.4 Å². The van der Waals surface area contributed by atoms with Gasteiger partial charge in [-0.25, -0.2) is 18.2 Å². The smallest absolute Gasteiger partial charge is 0.335 e. The highest BCUT2D eigenvalue weighted by molar-refractivity contribution is 7.74. The van der Waals surface area contributed by atoms with Gasteiger partial charge in [0, 0.05) is 25.5 Å². The maximum Gasteiger partial charge on any atom is 0.335 e. The summed E-state index contributed by atoms with van der Waals surface area (Å²) < 4.78 is 25.4. The first-order valence-electron chi connectivity index (χ1n) is 6.44. The highest BCUT2D eigenvalue weighted by Gasteiger charge is 2.11. The van der Waals surface area contributed by atoms with Crippen molar-refractivity contribution < 1.29 is 18.3 Å². The second-order valence-electron chi connectivity index (χ2n) is 4.57. The average Bonchev–Trinajstić information content (AvgIpc) is 2.90. The molecule has 1 aromatic carbocycles. The molecule has 2 aromatic rings. The number of imidazole rings is 1. The predicted octanol–water partition coefficient (Wildman–Crippen LogP) is 0.563. The minimum atomic E-state index is -2.78. The van der Waals surface area contributed by atoms with Crippen molar-refractivity contribution in [1.29, 1.82) is 0 Å². The van der Waals surface area contributed by atoms with Crippen LogP contribution in [0.4, 0.5) is 11.5 Å². The van der Waals surface area contributed by atoms with Gasteiger partial charge in [-0.3, -0.25) is 4.31 Å². The Balaban J connectivity index is 1.94. The number of carboxylic acid groups (broad SMARTS) is 1. The van der Waals surface area contributed by atoms with Gasteiger partial charge in [0.15, 0.2) is 5.82 Å². The van der Waals surface area contributed by atoms with Gasteiger partial charge >= 0.3 is 5.97 Å². The highest BCUT2D eigenvalue weighted by Crippen LogP contribution is 2.11. The van der Waals surface area contributed by atoms with Gasteiger partial charge in [0.1, 0.15) is 0 Å². The summed E-state index contributed by atoms with van der Waals surface area (Å²) >= 11 is 0. The normalized spacial score (nSPS) is 10.6. The Morgan fingerprint density at radius 1 is 1.36 bits per heavy atom. The van der Waals surface area contributed by atoms with Crippen LogP contribution in [-0.2, 0) is 17.9 Å². The first-order valence-corrected chi connectivity index (χ1v) is 7.57. The minimum Gasteiger partial charge on any atom is -0.478 e. The van der Waals surface area contributed by atoms with E-state index in [1.165, 1.54) is 22.8 Å². The van der Waals surface area contributed by atoms with E-state index in [2.05, 4.69) is 10.3 Å². The van der Waals surface area contributed by atoms with Crippen molar-refractivity contribution in [3.05, 3.63) is 42.4 Å². The summed E-state index contributed by atoms with van der Waals surface area (Å²) in [6.07, 6.45) is 3.14. The summed E-state index contributed by atoms with van der Waals surface area (Å²) in [6, 6.07) is 6.22. The number of thiol groups is 1. The molecule has 0 aliphatic rings. The molecule has 0 amide bonds. The third kappa shape index (κ3) is 3.98. The van der Waals surface area contributed by atoms with Crippen molar-refractivity contribution in [2.75, 3.05) is 22.7 Å². The lowest BCUT2D eigenvalue weighted by Crippen LogP contribution is -2.27. The zero-order valence-electron chi connectivity index (χ0n) is 11.8. The minimum absolute atomic E-state index is 0.197. The number of carboxylic acids is 1. The van der Waals surface area contributed by atoms with Crippen LogP contribution in [0.3, 0.4) is 0 Å². The predicted molar refractivity (Wildman–Crippen MR) is 82.8 cm³/mol. The maximum atomic E-state index is 11.3. The lowest BCUT2D eigenvalue weighted by molar-refractivity contribution is 0.0697. The van der Waals surface area contributed by atoms with E-state index in [1.54, 1.807) is 29.9 Å². The Kier molecular flexibility index (Phi) is 4.99. The lowest BCUT2D eigenvalue weighted by atomic mass is 10.2. The Morgan fingerprint density at radius 3 is 2.55 bits per heavy atom. The largest absolute Gasteiger partial charge is 0.478 e. The van der Waals surface area contributed by atoms with Crippen LogP contribution in [0, 0.1) is 0 Å². The van der Waals surface area contributed by atoms with Gasteiger partial charge in [0.25, 0.3) is 0 Å². The molecule has 1 heterocycles. The molecule has 0 bridgehead atoms. The van der Waals surface area contributed by atoms with E-state index in [-0.39, 0.29) is 12.1 Å². The molecule has 8 nitrogen and oxygen atoms in total. The molecule has 1 aromatic heterocycles. The van der Waals surface area contributed by atoms with Gasteiger partial charge in [-0.15, -0.1) is 0 Å². The topological polar surface area (TPSA) is 105 Å². The van der Waals surface area contributed by atoms with Crippen molar-refractivity contribution >= 4 is 28.4 Å². The van der Waals surface area contributed by atoms with Gasteiger partial charge in [-0.2, -0.15) is 0 Å². The Bertz CT molecular complexity index is 716. The first kappa shape index (κ1) is 15.8. The van der Waals surface area contributed by atoms with Crippen molar-refractivity contribution in [3.8, 4) is 0 Å². The first-order chi connectivity index (χ1) is 10.5. The molecule has 2 N–H and O–H groups in total. The van der Waals surface area contributed by atoms with Gasteiger partial charge in [-0.1, -0.05) is 0 Å². The standard InChI is InChI=1S/C13H16N4O4S/c1-16-8-12(15-9-16)17(22(20)21)7-6-14-11-4-2-10(3-5-11)13(18)19/h2-5,8-9,14,22H,6-7H2,1H3,(H,18,19). The lowest BCUT2D eigenvalue weighted by Gasteiger charge is -2.15. The number of carbonyl (C=O) groups is 1. The number of nitrogens with one attached hydrogen (secondary N) is 1. The Labute approximate surface area is 129 Å². The number of hydrogen-bond donors (Lipinski definition) is 3. The van der Waals surface area contributed by atoms with E-state index in [1.807, 2.05) is 0 Å². The monoisotopic (exact) mass is 324 g/mol. The van der Waals surface area contributed by atoms with E-state index >= 15 is 0 Å². The summed E-state index contributed by atoms with van der Waals surface area (Å²) in [5, 5.41) is 11.8. The molecule has 0 radical (unpaired) electrons. The second kappa shape index (κ2) is 6.94. The van der Waals surface area contributed by atoms with Crippen LogP contribution in [-0.4, -0.2) is 42.1 Å². The number of aromatic carboxylic acids is 1. The van der Waals surface area contributed by atoms with E-state index in [0.29, 0.717) is 18.1 Å². The summed E-state index contributed by atoms with van der Waals surface area (Å²) in [5.41, 5.74) is 0.912. The van der Waals surface area contributed by atoms with Crippen molar-refractivity contribution in [3.63, 3.8) is 0 Å². The highest BCUT2D eigenvalue weighted by atomic mass is 32.2. The summed E-state index contributed by atoms with van der Waals surface area (Å²) in [5.74, 6) is -0.627. The Morgan fingerprint density at radius 2 is 2.05 bits per heavy atom. The van der Waals surface area contributed by atoms with Crippen molar-refractivity contribution in [2.45, 2.75) is 0 Å². The molecule has 0 fully saturated rings. The van der Waals surface area contributed by atoms with Crippen LogP contribution in [0.2, 0.25) is 0 Å². The van der Waals surface area contributed by atoms with Crippen LogP contribution in [0.5, 0.6) is 0 Å². The van der Waals surface area contributed by atoms with Crippen LogP contribution in [0.15, 0.2) is 36.8 Å². The van der Waals surface area contributed by atoms with E-state index in [4.69, 9.17) is 5.11 Å². The van der Waals surface area contributed by atoms with Crippen LogP contribution >= 0.6 is 0 Å². The van der Waals surface area contributed by atoms with Gasteiger partial charge in [0.2, 0.25) is 10.9 Å². The fourth-order valence-corrected chi connectivity index (χ4v) is 2.38. The quantitative estimate of drug-likeness (QED) is 0.643. The number of aryl methyl sites for hydroxylation is 1. The number of nitrogens with zero attached hydrogens (tertiary/aromatic N) is 3. The summed E-state index contributed by atoms with van der Waals surface area (Å²) in [4.78, 5) is 14.8. The molecule has 0 saturated heterocycles. The average molecular weight is 324 g/mol. The van der Waals surface area contributed by atoms with E-state index in [9.17, 15) is 13.2 Å². The fourth-order valence-electron chi connectivity index (χ4n) is 1.85. The van der Waals surface area contributed by atoms with Crippen LogP contribution < -0.4 is 9.62 Å². The molecule has 118 valence electrons. The van der Waals surface area contributed by atoms with Gasteiger partial charge < -0.3 is 15.0 Å². The fraction of sp³-hybridized carbons (Fsp3) is 0.231. The zero-order valence-corrected chi connectivity index (χ0v) is 12.7. The molecule has 22 heavy (non-hydrogen) atoms. The number of benzene rings is 1. The molecule has 2 rings (SSSR count). The molecule has 0 aliphatic carbocycles. The number of hydrogen-bond acceptors (Lipinski definition) is 5. The molecule has 9 heteroatoms.